The lowest BCUT2D eigenvalue weighted by Gasteiger charge is -2.31. The van der Waals surface area contributed by atoms with Gasteiger partial charge < -0.3 is 19.7 Å². The van der Waals surface area contributed by atoms with Gasteiger partial charge >= 0.3 is 0 Å². The molecule has 1 atom stereocenters. The third-order valence-electron chi connectivity index (χ3n) is 5.97. The third-order valence-corrected chi connectivity index (χ3v) is 5.97. The first kappa shape index (κ1) is 18.9. The van der Waals surface area contributed by atoms with E-state index in [0.29, 0.717) is 24.4 Å². The summed E-state index contributed by atoms with van der Waals surface area (Å²) in [5.41, 5.74) is 3.61. The van der Waals surface area contributed by atoms with Gasteiger partial charge in [0, 0.05) is 43.5 Å². The van der Waals surface area contributed by atoms with Crippen molar-refractivity contribution >= 4 is 22.9 Å². The molecule has 30 heavy (non-hydrogen) atoms. The highest BCUT2D eigenvalue weighted by atomic mass is 16.5. The molecule has 8 heteroatoms. The first-order valence-electron chi connectivity index (χ1n) is 10.3. The molecule has 2 aliphatic rings. The van der Waals surface area contributed by atoms with Crippen LogP contribution in [0.25, 0.3) is 5.65 Å². The van der Waals surface area contributed by atoms with E-state index in [2.05, 4.69) is 46.3 Å². The minimum absolute atomic E-state index is 0.209. The van der Waals surface area contributed by atoms with Crippen molar-refractivity contribution in [3.8, 4) is 5.75 Å². The van der Waals surface area contributed by atoms with E-state index in [4.69, 9.17) is 9.47 Å². The van der Waals surface area contributed by atoms with Gasteiger partial charge in [-0.2, -0.15) is 5.10 Å². The average Bonchev–Trinajstić information content (AvgIpc) is 3.34. The molecule has 1 amide bonds. The number of hydrogen-bond donors (Lipinski definition) is 1. The molecule has 0 unspecified atom stereocenters. The van der Waals surface area contributed by atoms with Gasteiger partial charge in [0.25, 0.3) is 5.91 Å². The maximum Gasteiger partial charge on any atom is 0.261 e. The van der Waals surface area contributed by atoms with Gasteiger partial charge in [-0.1, -0.05) is 6.92 Å². The number of nitrogens with zero attached hydrogens (tertiary/aromatic N) is 4. The Kier molecular flexibility index (Phi) is 4.58. The SMILES string of the molecule is CC[C@]1(C)Cc2cc(NC(=O)c3cnn4cccnc34)c(N3CCOCC3)cc2O1. The smallest absolute Gasteiger partial charge is 0.261 e. The Morgan fingerprint density at radius 3 is 2.93 bits per heavy atom. The lowest BCUT2D eigenvalue weighted by molar-refractivity contribution is 0.102. The Morgan fingerprint density at radius 2 is 2.13 bits per heavy atom. The van der Waals surface area contributed by atoms with E-state index < -0.39 is 0 Å². The zero-order chi connectivity index (χ0) is 20.7. The molecule has 2 aliphatic heterocycles. The van der Waals surface area contributed by atoms with Gasteiger partial charge in [-0.15, -0.1) is 0 Å². The topological polar surface area (TPSA) is 81.0 Å². The summed E-state index contributed by atoms with van der Waals surface area (Å²) in [6, 6.07) is 5.90. The molecule has 1 aromatic carbocycles. The normalized spacial score (nSPS) is 20.8. The molecule has 4 heterocycles. The van der Waals surface area contributed by atoms with Gasteiger partial charge in [-0.05, 0) is 25.5 Å². The predicted octanol–water partition coefficient (Wildman–Crippen LogP) is 2.92. The standard InChI is InChI=1S/C22H25N5O3/c1-3-22(2)13-15-11-17(18(12-19(15)30-22)26-7-9-29-10-8-26)25-21(28)16-14-24-27-6-4-5-23-20(16)27/h4-6,11-12,14H,3,7-10,13H2,1-2H3,(H,25,28)/t22-/m1/s1. The lowest BCUT2D eigenvalue weighted by Crippen LogP contribution is -2.36. The third kappa shape index (κ3) is 3.27. The Labute approximate surface area is 174 Å². The van der Waals surface area contributed by atoms with Crippen molar-refractivity contribution in [2.45, 2.75) is 32.3 Å². The van der Waals surface area contributed by atoms with E-state index in [1.54, 1.807) is 29.2 Å². The van der Waals surface area contributed by atoms with Gasteiger partial charge in [0.2, 0.25) is 0 Å². The lowest BCUT2D eigenvalue weighted by atomic mass is 9.96. The first-order chi connectivity index (χ1) is 14.6. The van der Waals surface area contributed by atoms with Crippen molar-refractivity contribution in [2.75, 3.05) is 36.5 Å². The molecule has 0 aliphatic carbocycles. The molecule has 0 bridgehead atoms. The van der Waals surface area contributed by atoms with Crippen LogP contribution in [0.5, 0.6) is 5.75 Å². The van der Waals surface area contributed by atoms with E-state index in [-0.39, 0.29) is 11.5 Å². The van der Waals surface area contributed by atoms with Crippen LogP contribution >= 0.6 is 0 Å². The molecule has 0 radical (unpaired) electrons. The van der Waals surface area contributed by atoms with Crippen LogP contribution in [0.2, 0.25) is 0 Å². The van der Waals surface area contributed by atoms with Crippen molar-refractivity contribution in [2.24, 2.45) is 0 Å². The van der Waals surface area contributed by atoms with Gasteiger partial charge in [-0.3, -0.25) is 4.79 Å². The quantitative estimate of drug-likeness (QED) is 0.716. The maximum atomic E-state index is 13.1. The number of hydrogen-bond acceptors (Lipinski definition) is 6. The minimum atomic E-state index is -0.227. The van der Waals surface area contributed by atoms with Crippen molar-refractivity contribution in [1.29, 1.82) is 0 Å². The fourth-order valence-electron chi connectivity index (χ4n) is 4.09. The second-order valence-corrected chi connectivity index (χ2v) is 8.06. The van der Waals surface area contributed by atoms with Crippen LogP contribution in [-0.2, 0) is 11.2 Å². The fourth-order valence-corrected chi connectivity index (χ4v) is 4.09. The van der Waals surface area contributed by atoms with Crippen molar-refractivity contribution in [1.82, 2.24) is 14.6 Å². The Balaban J connectivity index is 1.51. The fraction of sp³-hybridized carbons (Fsp3) is 0.409. The van der Waals surface area contributed by atoms with Crippen molar-refractivity contribution in [3.05, 3.63) is 47.9 Å². The predicted molar refractivity (Wildman–Crippen MR) is 113 cm³/mol. The van der Waals surface area contributed by atoms with Crippen LogP contribution in [0.4, 0.5) is 11.4 Å². The molecule has 2 aromatic heterocycles. The summed E-state index contributed by atoms with van der Waals surface area (Å²) < 4.78 is 13.4. The van der Waals surface area contributed by atoms with Crippen LogP contribution in [-0.4, -0.2) is 52.4 Å². The molecule has 156 valence electrons. The minimum Gasteiger partial charge on any atom is -0.487 e. The molecule has 0 saturated carbocycles. The summed E-state index contributed by atoms with van der Waals surface area (Å²) in [7, 11) is 0. The molecule has 1 N–H and O–H groups in total. The van der Waals surface area contributed by atoms with E-state index in [1.165, 1.54) is 0 Å². The van der Waals surface area contributed by atoms with Crippen LogP contribution in [0.1, 0.15) is 36.2 Å². The number of amides is 1. The second-order valence-electron chi connectivity index (χ2n) is 8.06. The Morgan fingerprint density at radius 1 is 1.30 bits per heavy atom. The molecule has 1 saturated heterocycles. The Hall–Kier alpha value is -3.13. The molecule has 5 rings (SSSR count). The molecular formula is C22H25N5O3. The number of benzene rings is 1. The van der Waals surface area contributed by atoms with E-state index in [0.717, 1.165) is 48.6 Å². The number of ether oxygens (including phenoxy) is 2. The molecular weight excluding hydrogens is 382 g/mol. The van der Waals surface area contributed by atoms with Crippen LogP contribution < -0.4 is 15.0 Å². The largest absolute Gasteiger partial charge is 0.487 e. The molecule has 3 aromatic rings. The van der Waals surface area contributed by atoms with Crippen molar-refractivity contribution in [3.63, 3.8) is 0 Å². The summed E-state index contributed by atoms with van der Waals surface area (Å²) in [5.74, 6) is 0.673. The number of rotatable bonds is 4. The number of aromatic nitrogens is 3. The van der Waals surface area contributed by atoms with Crippen LogP contribution in [0.15, 0.2) is 36.8 Å². The molecule has 1 fully saturated rings. The first-order valence-corrected chi connectivity index (χ1v) is 10.3. The number of carbonyl (C=O) groups excluding carboxylic acids is 1. The summed E-state index contributed by atoms with van der Waals surface area (Å²) in [5, 5.41) is 7.34. The van der Waals surface area contributed by atoms with Crippen LogP contribution in [0, 0.1) is 0 Å². The number of nitrogens with one attached hydrogen (secondary N) is 1. The second kappa shape index (κ2) is 7.28. The van der Waals surface area contributed by atoms with Crippen LogP contribution in [0.3, 0.4) is 0 Å². The highest BCUT2D eigenvalue weighted by Gasteiger charge is 2.34. The van der Waals surface area contributed by atoms with E-state index in [1.807, 2.05) is 0 Å². The molecule has 0 spiro atoms. The van der Waals surface area contributed by atoms with E-state index in [9.17, 15) is 4.79 Å². The summed E-state index contributed by atoms with van der Waals surface area (Å²) in [4.78, 5) is 19.7. The maximum absolute atomic E-state index is 13.1. The number of anilines is 2. The zero-order valence-electron chi connectivity index (χ0n) is 17.2. The number of carbonyl (C=O) groups is 1. The summed E-state index contributed by atoms with van der Waals surface area (Å²) in [6.45, 7) is 7.13. The molecule has 8 nitrogen and oxygen atoms in total. The monoisotopic (exact) mass is 407 g/mol. The zero-order valence-corrected chi connectivity index (χ0v) is 17.2. The number of morpholine rings is 1. The van der Waals surface area contributed by atoms with Gasteiger partial charge in [0.05, 0.1) is 30.8 Å². The van der Waals surface area contributed by atoms with E-state index >= 15 is 0 Å². The summed E-state index contributed by atoms with van der Waals surface area (Å²) in [6.07, 6.45) is 6.73. The highest BCUT2D eigenvalue weighted by molar-refractivity contribution is 6.09. The summed E-state index contributed by atoms with van der Waals surface area (Å²) >= 11 is 0. The number of fused-ring (bicyclic) bond motifs is 2. The Bertz CT molecular complexity index is 1110. The average molecular weight is 407 g/mol. The van der Waals surface area contributed by atoms with Crippen molar-refractivity contribution < 1.29 is 14.3 Å². The van der Waals surface area contributed by atoms with Gasteiger partial charge in [0.1, 0.15) is 16.9 Å². The van der Waals surface area contributed by atoms with Gasteiger partial charge in [-0.25, -0.2) is 9.50 Å². The van der Waals surface area contributed by atoms with Gasteiger partial charge in [0.15, 0.2) is 5.65 Å². The highest BCUT2D eigenvalue weighted by Crippen LogP contribution is 2.43.